The van der Waals surface area contributed by atoms with Crippen LogP contribution in [0.3, 0.4) is 0 Å². The Kier molecular flexibility index (Phi) is 4.27. The summed E-state index contributed by atoms with van der Waals surface area (Å²) >= 11 is 0. The first kappa shape index (κ1) is 14.9. The van der Waals surface area contributed by atoms with Gasteiger partial charge in [0.25, 0.3) is 5.91 Å². The van der Waals surface area contributed by atoms with Crippen LogP contribution < -0.4 is 15.9 Å². The largest absolute Gasteiger partial charge is 0.490 e. The van der Waals surface area contributed by atoms with Crippen molar-refractivity contribution in [2.45, 2.75) is 0 Å². The molecule has 0 aliphatic carbocycles. The van der Waals surface area contributed by atoms with Crippen molar-refractivity contribution in [3.05, 3.63) is 39.6 Å². The minimum Gasteiger partial charge on any atom is -0.490 e. The van der Waals surface area contributed by atoms with Gasteiger partial charge in [-0.05, 0) is 22.4 Å². The molecule has 114 valence electrons. The number of ether oxygens (including phenoxy) is 1. The number of methoxy groups -OCH3 is 1. The van der Waals surface area contributed by atoms with Crippen LogP contribution in [0.15, 0.2) is 27.9 Å². The van der Waals surface area contributed by atoms with E-state index >= 15 is 0 Å². The van der Waals surface area contributed by atoms with E-state index in [0.29, 0.717) is 5.56 Å². The molecule has 1 amide bonds. The Morgan fingerprint density at radius 2 is 2.32 bits per heavy atom. The highest BCUT2D eigenvalue weighted by Gasteiger charge is 2.16. The van der Waals surface area contributed by atoms with Gasteiger partial charge in [0.05, 0.1) is 18.2 Å². The van der Waals surface area contributed by atoms with Gasteiger partial charge in [0.15, 0.2) is 5.75 Å². The van der Waals surface area contributed by atoms with Crippen molar-refractivity contribution >= 4 is 23.6 Å². The number of hydrazone groups is 1. The molecule has 2 aromatic rings. The van der Waals surface area contributed by atoms with Gasteiger partial charge in [-0.25, -0.2) is 10.1 Å². The molecule has 0 bridgehead atoms. The van der Waals surface area contributed by atoms with Crippen LogP contribution in [0.5, 0.6) is 5.75 Å². The maximum atomic E-state index is 11.6. The Hall–Kier alpha value is -3.50. The van der Waals surface area contributed by atoms with Gasteiger partial charge in [-0.3, -0.25) is 14.9 Å². The fourth-order valence-corrected chi connectivity index (χ4v) is 1.50. The molecular formula is C11H10N6O5. The number of nitrogens with zero attached hydrogens (tertiary/aromatic N) is 4. The highest BCUT2D eigenvalue weighted by molar-refractivity contribution is 5.96. The van der Waals surface area contributed by atoms with E-state index in [4.69, 9.17) is 10.5 Å². The molecule has 0 aliphatic rings. The van der Waals surface area contributed by atoms with Crippen LogP contribution >= 0.6 is 0 Å². The zero-order valence-corrected chi connectivity index (χ0v) is 11.2. The van der Waals surface area contributed by atoms with E-state index < -0.39 is 10.8 Å². The summed E-state index contributed by atoms with van der Waals surface area (Å²) in [5.74, 6) is -0.779. The lowest BCUT2D eigenvalue weighted by molar-refractivity contribution is -0.385. The van der Waals surface area contributed by atoms with Crippen LogP contribution in [0.1, 0.15) is 16.1 Å². The number of nitrogens with two attached hydrogens (primary N) is 1. The Morgan fingerprint density at radius 1 is 1.55 bits per heavy atom. The van der Waals surface area contributed by atoms with Crippen LogP contribution in [0.25, 0.3) is 0 Å². The minimum absolute atomic E-state index is 0.118. The average Bonchev–Trinajstić information content (AvgIpc) is 2.93. The van der Waals surface area contributed by atoms with Gasteiger partial charge in [-0.15, -0.1) is 0 Å². The van der Waals surface area contributed by atoms with Gasteiger partial charge in [0.2, 0.25) is 11.5 Å². The lowest BCUT2D eigenvalue weighted by Gasteiger charge is -2.01. The van der Waals surface area contributed by atoms with E-state index in [1.54, 1.807) is 0 Å². The second kappa shape index (κ2) is 6.30. The summed E-state index contributed by atoms with van der Waals surface area (Å²) in [6.45, 7) is 0. The highest BCUT2D eigenvalue weighted by atomic mass is 16.6. The number of amides is 1. The molecule has 2 rings (SSSR count). The van der Waals surface area contributed by atoms with Gasteiger partial charge in [-0.2, -0.15) is 5.10 Å². The Morgan fingerprint density at radius 3 is 2.91 bits per heavy atom. The standard InChI is InChI=1S/C11H10N6O5/c1-21-8-3-2-6(4-7(8)17(19)20)5-13-14-11(18)9-10(12)16-22-15-9/h2-5H,1H3,(H2,12,16)(H,14,18)/b13-5-. The van der Waals surface area contributed by atoms with E-state index in [-0.39, 0.29) is 22.9 Å². The molecule has 0 fully saturated rings. The molecule has 0 atom stereocenters. The summed E-state index contributed by atoms with van der Waals surface area (Å²) in [6, 6.07) is 4.20. The minimum atomic E-state index is -0.724. The van der Waals surface area contributed by atoms with Crippen molar-refractivity contribution in [2.24, 2.45) is 5.10 Å². The number of rotatable bonds is 5. The normalized spacial score (nSPS) is 10.6. The van der Waals surface area contributed by atoms with Crippen LogP contribution in [0, 0.1) is 10.1 Å². The molecule has 0 unspecified atom stereocenters. The molecule has 0 saturated heterocycles. The monoisotopic (exact) mass is 306 g/mol. The van der Waals surface area contributed by atoms with Gasteiger partial charge < -0.3 is 10.5 Å². The number of anilines is 1. The first-order valence-corrected chi connectivity index (χ1v) is 5.76. The first-order chi connectivity index (χ1) is 10.5. The fraction of sp³-hybridized carbons (Fsp3) is 0.0909. The van der Waals surface area contributed by atoms with Crippen LogP contribution in [-0.4, -0.2) is 34.5 Å². The molecule has 11 nitrogen and oxygen atoms in total. The van der Waals surface area contributed by atoms with E-state index in [2.05, 4.69) is 25.5 Å². The van der Waals surface area contributed by atoms with Crippen molar-refractivity contribution in [1.82, 2.24) is 15.7 Å². The summed E-state index contributed by atoms with van der Waals surface area (Å²) in [6.07, 6.45) is 1.22. The van der Waals surface area contributed by atoms with Gasteiger partial charge in [0.1, 0.15) is 0 Å². The predicted molar refractivity (Wildman–Crippen MR) is 73.4 cm³/mol. The number of nitrogen functional groups attached to an aromatic ring is 1. The lowest BCUT2D eigenvalue weighted by atomic mass is 10.2. The number of hydrogen-bond acceptors (Lipinski definition) is 9. The second-order valence-electron chi connectivity index (χ2n) is 3.89. The molecule has 0 aliphatic heterocycles. The summed E-state index contributed by atoms with van der Waals surface area (Å²) in [5, 5.41) is 21.1. The fourth-order valence-electron chi connectivity index (χ4n) is 1.50. The summed E-state index contributed by atoms with van der Waals surface area (Å²) in [5.41, 5.74) is 7.44. The summed E-state index contributed by atoms with van der Waals surface area (Å²) in [4.78, 5) is 21.9. The number of nitro groups is 1. The molecule has 0 radical (unpaired) electrons. The molecule has 0 spiro atoms. The third-order valence-electron chi connectivity index (χ3n) is 2.51. The lowest BCUT2D eigenvalue weighted by Crippen LogP contribution is -2.19. The van der Waals surface area contributed by atoms with Crippen LogP contribution in [0.4, 0.5) is 11.5 Å². The SMILES string of the molecule is COc1ccc(/C=N\NC(=O)c2nonc2N)cc1[N+](=O)[O-]. The number of carbonyl (C=O) groups is 1. The van der Waals surface area contributed by atoms with E-state index in [1.165, 1.54) is 31.5 Å². The van der Waals surface area contributed by atoms with Crippen molar-refractivity contribution in [2.75, 3.05) is 12.8 Å². The topological polar surface area (TPSA) is 159 Å². The molecular weight excluding hydrogens is 296 g/mol. The smallest absolute Gasteiger partial charge is 0.311 e. The van der Waals surface area contributed by atoms with Crippen molar-refractivity contribution in [3.8, 4) is 5.75 Å². The highest BCUT2D eigenvalue weighted by Crippen LogP contribution is 2.26. The molecule has 11 heteroatoms. The van der Waals surface area contributed by atoms with Crippen molar-refractivity contribution < 1.29 is 19.1 Å². The van der Waals surface area contributed by atoms with E-state index in [9.17, 15) is 14.9 Å². The zero-order chi connectivity index (χ0) is 16.1. The molecule has 0 saturated carbocycles. The quantitative estimate of drug-likeness (QED) is 0.454. The molecule has 1 aromatic heterocycles. The third-order valence-corrected chi connectivity index (χ3v) is 2.51. The predicted octanol–water partition coefficient (Wildman–Crippen LogP) is 0.332. The Balaban J connectivity index is 2.10. The first-order valence-electron chi connectivity index (χ1n) is 5.76. The van der Waals surface area contributed by atoms with Crippen molar-refractivity contribution in [3.63, 3.8) is 0 Å². The van der Waals surface area contributed by atoms with Gasteiger partial charge in [0, 0.05) is 11.6 Å². The Bertz CT molecular complexity index is 740. The Labute approximate surface area is 122 Å². The molecule has 1 aromatic carbocycles. The number of carbonyl (C=O) groups excluding carboxylic acids is 1. The molecule has 3 N–H and O–H groups in total. The number of hydrogen-bond donors (Lipinski definition) is 2. The third kappa shape index (κ3) is 3.15. The maximum absolute atomic E-state index is 11.6. The number of nitrogens with one attached hydrogen (secondary N) is 1. The van der Waals surface area contributed by atoms with Crippen molar-refractivity contribution in [1.29, 1.82) is 0 Å². The second-order valence-corrected chi connectivity index (χ2v) is 3.89. The number of benzene rings is 1. The van der Waals surface area contributed by atoms with Crippen LogP contribution in [-0.2, 0) is 0 Å². The number of nitro benzene ring substituents is 1. The van der Waals surface area contributed by atoms with Gasteiger partial charge >= 0.3 is 5.69 Å². The average molecular weight is 306 g/mol. The van der Waals surface area contributed by atoms with E-state index in [0.717, 1.165) is 0 Å². The zero-order valence-electron chi connectivity index (χ0n) is 11.2. The molecule has 22 heavy (non-hydrogen) atoms. The summed E-state index contributed by atoms with van der Waals surface area (Å²) in [7, 11) is 1.33. The van der Waals surface area contributed by atoms with Gasteiger partial charge in [-0.1, -0.05) is 0 Å². The van der Waals surface area contributed by atoms with E-state index in [1.807, 2.05) is 0 Å². The number of aromatic nitrogens is 2. The summed E-state index contributed by atoms with van der Waals surface area (Å²) < 4.78 is 9.14. The molecule has 1 heterocycles. The maximum Gasteiger partial charge on any atom is 0.311 e. The van der Waals surface area contributed by atoms with Crippen LogP contribution in [0.2, 0.25) is 0 Å².